The quantitative estimate of drug-likeness (QED) is 0.730. The van der Waals surface area contributed by atoms with Crippen LogP contribution in [0.25, 0.3) is 0 Å². The highest BCUT2D eigenvalue weighted by molar-refractivity contribution is 7.88. The number of hydrogen-bond acceptors (Lipinski definition) is 7. The van der Waals surface area contributed by atoms with Crippen molar-refractivity contribution in [3.05, 3.63) is 24.4 Å². The van der Waals surface area contributed by atoms with E-state index in [9.17, 15) is 13.2 Å². The van der Waals surface area contributed by atoms with Crippen molar-refractivity contribution in [2.75, 3.05) is 44.5 Å². The molecule has 3 rings (SSSR count). The maximum atomic E-state index is 12.2. The van der Waals surface area contributed by atoms with E-state index in [1.807, 2.05) is 18.2 Å². The van der Waals surface area contributed by atoms with Crippen LogP contribution in [-0.4, -0.2) is 82.2 Å². The second-order valence-electron chi connectivity index (χ2n) is 7.58. The number of nitrogens with one attached hydrogen (secondary N) is 1. The first kappa shape index (κ1) is 21.8. The maximum absolute atomic E-state index is 12.2. The molecule has 0 radical (unpaired) electrons. The highest BCUT2D eigenvalue weighted by Gasteiger charge is 2.37. The second kappa shape index (κ2) is 9.73. The van der Waals surface area contributed by atoms with Crippen molar-refractivity contribution in [2.45, 2.75) is 43.9 Å². The van der Waals surface area contributed by atoms with Gasteiger partial charge >= 0.3 is 6.09 Å². The Labute approximate surface area is 172 Å². The molecular formula is C19H30N4O5S. The normalized spacial score (nSPS) is 23.8. The molecule has 0 bridgehead atoms. The maximum Gasteiger partial charge on any atom is 0.409 e. The monoisotopic (exact) mass is 426 g/mol. The third-order valence-corrected chi connectivity index (χ3v) is 6.20. The van der Waals surface area contributed by atoms with Gasteiger partial charge in [-0.2, -0.15) is 0 Å². The number of likely N-dealkylation sites (tertiary alicyclic amines) is 1. The Morgan fingerprint density at radius 3 is 2.62 bits per heavy atom. The molecule has 1 aromatic rings. The number of nitrogens with zero attached hydrogens (tertiary/aromatic N) is 3. The molecule has 1 aromatic heterocycles. The van der Waals surface area contributed by atoms with Gasteiger partial charge in [-0.3, -0.25) is 0 Å². The first-order valence-corrected chi connectivity index (χ1v) is 11.9. The van der Waals surface area contributed by atoms with Gasteiger partial charge in [0.05, 0.1) is 32.1 Å². The average molecular weight is 427 g/mol. The Balaban J connectivity index is 1.58. The summed E-state index contributed by atoms with van der Waals surface area (Å²) in [4.78, 5) is 20.4. The van der Waals surface area contributed by atoms with Crippen molar-refractivity contribution in [3.8, 4) is 0 Å². The molecule has 2 aliphatic rings. The van der Waals surface area contributed by atoms with E-state index in [-0.39, 0.29) is 24.8 Å². The Kier molecular flexibility index (Phi) is 7.31. The lowest BCUT2D eigenvalue weighted by molar-refractivity contribution is -0.0181. The highest BCUT2D eigenvalue weighted by Crippen LogP contribution is 2.23. The number of sulfonamides is 1. The lowest BCUT2D eigenvalue weighted by Gasteiger charge is -2.41. The summed E-state index contributed by atoms with van der Waals surface area (Å²) >= 11 is 0. The van der Waals surface area contributed by atoms with Crippen molar-refractivity contribution in [1.82, 2.24) is 14.6 Å². The van der Waals surface area contributed by atoms with Gasteiger partial charge in [-0.1, -0.05) is 6.07 Å². The largest absolute Gasteiger partial charge is 0.453 e. The Bertz CT molecular complexity index is 768. The molecule has 3 heterocycles. The third-order valence-electron chi connectivity index (χ3n) is 5.47. The number of hydrogen-bond donors (Lipinski definition) is 1. The van der Waals surface area contributed by atoms with Crippen LogP contribution >= 0.6 is 0 Å². The van der Waals surface area contributed by atoms with Crippen molar-refractivity contribution in [2.24, 2.45) is 0 Å². The molecule has 2 aliphatic heterocycles. The molecule has 10 heteroatoms. The predicted molar refractivity (Wildman–Crippen MR) is 109 cm³/mol. The first-order chi connectivity index (χ1) is 13.9. The zero-order valence-electron chi connectivity index (χ0n) is 17.0. The number of methoxy groups -OCH3 is 1. The summed E-state index contributed by atoms with van der Waals surface area (Å²) in [6, 6.07) is 5.10. The summed E-state index contributed by atoms with van der Waals surface area (Å²) in [5.74, 6) is 0.965. The summed E-state index contributed by atoms with van der Waals surface area (Å²) in [6.45, 7) is 2.49. The van der Waals surface area contributed by atoms with Crippen molar-refractivity contribution < 1.29 is 22.7 Å². The van der Waals surface area contributed by atoms with Crippen LogP contribution in [0, 0.1) is 0 Å². The van der Waals surface area contributed by atoms with E-state index < -0.39 is 16.1 Å². The smallest absolute Gasteiger partial charge is 0.409 e. The van der Waals surface area contributed by atoms with Gasteiger partial charge in [0.1, 0.15) is 5.82 Å². The van der Waals surface area contributed by atoms with Crippen LogP contribution in [0.4, 0.5) is 10.6 Å². The number of amides is 1. The number of carbonyl (C=O) groups is 1. The molecule has 0 spiro atoms. The third kappa shape index (κ3) is 6.03. The number of pyridine rings is 1. The van der Waals surface area contributed by atoms with Crippen LogP contribution in [0.15, 0.2) is 24.4 Å². The lowest BCUT2D eigenvalue weighted by Crippen LogP contribution is -2.59. The molecule has 2 atom stereocenters. The van der Waals surface area contributed by atoms with E-state index in [2.05, 4.69) is 14.6 Å². The fourth-order valence-corrected chi connectivity index (χ4v) is 4.87. The van der Waals surface area contributed by atoms with Gasteiger partial charge in [-0.25, -0.2) is 22.9 Å². The van der Waals surface area contributed by atoms with Gasteiger partial charge in [-0.05, 0) is 37.8 Å². The molecule has 2 fully saturated rings. The van der Waals surface area contributed by atoms with Gasteiger partial charge in [0.25, 0.3) is 0 Å². The van der Waals surface area contributed by atoms with E-state index >= 15 is 0 Å². The second-order valence-corrected chi connectivity index (χ2v) is 9.36. The van der Waals surface area contributed by atoms with Gasteiger partial charge < -0.3 is 19.3 Å². The fraction of sp³-hybridized carbons (Fsp3) is 0.684. The Morgan fingerprint density at radius 1 is 1.24 bits per heavy atom. The minimum atomic E-state index is -3.39. The minimum Gasteiger partial charge on any atom is -0.453 e. The first-order valence-electron chi connectivity index (χ1n) is 9.97. The SMILES string of the molecule is COC(=O)N1CCC[C@H](NS(C)(=O)=O)[C@@H]1COC1CCN(c2ccccn2)CC1. The molecule has 9 nitrogen and oxygen atoms in total. The molecule has 162 valence electrons. The van der Waals surface area contributed by atoms with Crippen LogP contribution in [0.1, 0.15) is 25.7 Å². The molecule has 2 saturated heterocycles. The highest BCUT2D eigenvalue weighted by atomic mass is 32.2. The lowest BCUT2D eigenvalue weighted by atomic mass is 9.97. The van der Waals surface area contributed by atoms with E-state index in [0.717, 1.165) is 38.0 Å². The topological polar surface area (TPSA) is 101 Å². The summed E-state index contributed by atoms with van der Waals surface area (Å²) in [6.07, 6.45) is 5.61. The van der Waals surface area contributed by atoms with Crippen molar-refractivity contribution in [1.29, 1.82) is 0 Å². The molecular weight excluding hydrogens is 396 g/mol. The molecule has 0 unspecified atom stereocenters. The predicted octanol–water partition coefficient (Wildman–Crippen LogP) is 1.22. The molecule has 1 amide bonds. The zero-order valence-corrected chi connectivity index (χ0v) is 17.8. The van der Waals surface area contributed by atoms with Crippen molar-refractivity contribution in [3.63, 3.8) is 0 Å². The zero-order chi connectivity index (χ0) is 20.9. The van der Waals surface area contributed by atoms with Gasteiger partial charge in [0.2, 0.25) is 10.0 Å². The number of aromatic nitrogens is 1. The van der Waals surface area contributed by atoms with Gasteiger partial charge in [0.15, 0.2) is 0 Å². The number of anilines is 1. The van der Waals surface area contributed by atoms with E-state index in [1.54, 1.807) is 11.1 Å². The average Bonchev–Trinajstić information content (AvgIpc) is 2.72. The summed E-state index contributed by atoms with van der Waals surface area (Å²) in [5, 5.41) is 0. The number of piperidine rings is 2. The standard InChI is InChI=1S/C19H30N4O5S/c1-27-19(24)23-11-5-6-16(21-29(2,25)26)17(23)14-28-15-8-12-22(13-9-15)18-7-3-4-10-20-18/h3-4,7,10,15-17,21H,5-6,8-9,11-14H2,1-2H3/t16-,17-/m0/s1. The van der Waals surface area contributed by atoms with Crippen LogP contribution in [0.2, 0.25) is 0 Å². The van der Waals surface area contributed by atoms with Crippen LogP contribution in [0.5, 0.6) is 0 Å². The van der Waals surface area contributed by atoms with E-state index in [0.29, 0.717) is 19.4 Å². The van der Waals surface area contributed by atoms with Crippen LogP contribution in [0.3, 0.4) is 0 Å². The van der Waals surface area contributed by atoms with Gasteiger partial charge in [0, 0.05) is 31.9 Å². The molecule has 0 aromatic carbocycles. The summed E-state index contributed by atoms with van der Waals surface area (Å²) in [5.41, 5.74) is 0. The molecule has 1 N–H and O–H groups in total. The summed E-state index contributed by atoms with van der Waals surface area (Å²) in [7, 11) is -2.06. The van der Waals surface area contributed by atoms with Crippen LogP contribution in [-0.2, 0) is 19.5 Å². The number of rotatable bonds is 6. The van der Waals surface area contributed by atoms with Gasteiger partial charge in [-0.15, -0.1) is 0 Å². The molecule has 0 aliphatic carbocycles. The summed E-state index contributed by atoms with van der Waals surface area (Å²) < 4.78 is 37.2. The Morgan fingerprint density at radius 2 is 2.00 bits per heavy atom. The molecule has 29 heavy (non-hydrogen) atoms. The van der Waals surface area contributed by atoms with E-state index in [4.69, 9.17) is 9.47 Å². The Hall–Kier alpha value is -1.91. The molecule has 0 saturated carbocycles. The number of carbonyl (C=O) groups excluding carboxylic acids is 1. The van der Waals surface area contributed by atoms with Crippen molar-refractivity contribution >= 4 is 21.9 Å². The fourth-order valence-electron chi connectivity index (χ4n) is 4.05. The van der Waals surface area contributed by atoms with E-state index in [1.165, 1.54) is 7.11 Å². The van der Waals surface area contributed by atoms with Crippen LogP contribution < -0.4 is 9.62 Å². The number of ether oxygens (including phenoxy) is 2. The minimum absolute atomic E-state index is 0.0651.